The van der Waals surface area contributed by atoms with Gasteiger partial charge in [-0.15, -0.1) is 0 Å². The van der Waals surface area contributed by atoms with Crippen molar-refractivity contribution in [2.75, 3.05) is 70.2 Å². The van der Waals surface area contributed by atoms with Gasteiger partial charge in [0.05, 0.1) is 45.4 Å². The number of para-hydroxylation sites is 2. The number of nitrogens with one attached hydrogen (secondary N) is 3. The Morgan fingerprint density at radius 3 is 2.44 bits per heavy atom. The van der Waals surface area contributed by atoms with Crippen molar-refractivity contribution in [2.24, 2.45) is 0 Å². The number of hydrogen-bond donors (Lipinski definition) is 4. The van der Waals surface area contributed by atoms with Crippen molar-refractivity contribution in [1.29, 1.82) is 0 Å². The molecule has 3 rings (SSSR count). The standard InChI is InChI=1S/C27H35N5O7/c1-38-23-5-3-2-4-22(23)30-27(37)29-21-8-6-20(7-9-21)18-25(34)32(13-12-31-14-16-39-17-15-31)19-24(33)28-11-10-26(35)36/h2-9H,10-19H2,1H3,(H,28,33)(H,35,36)(H2,29,30,37). The van der Waals surface area contributed by atoms with Crippen molar-refractivity contribution in [3.8, 4) is 5.75 Å². The second kappa shape index (κ2) is 15.3. The van der Waals surface area contributed by atoms with Gasteiger partial charge in [0, 0.05) is 38.4 Å². The summed E-state index contributed by atoms with van der Waals surface area (Å²) in [5, 5.41) is 16.8. The molecule has 1 aliphatic rings. The summed E-state index contributed by atoms with van der Waals surface area (Å²) in [6.45, 7) is 3.56. The number of aliphatic carboxylic acids is 1. The maximum atomic E-state index is 13.1. The Labute approximate surface area is 227 Å². The highest BCUT2D eigenvalue weighted by Crippen LogP contribution is 2.23. The second-order valence-electron chi connectivity index (χ2n) is 8.92. The summed E-state index contributed by atoms with van der Waals surface area (Å²) in [4.78, 5) is 52.3. The van der Waals surface area contributed by atoms with E-state index < -0.39 is 17.9 Å². The minimum Gasteiger partial charge on any atom is -0.495 e. The summed E-state index contributed by atoms with van der Waals surface area (Å²) in [5.41, 5.74) is 1.79. The number of hydrogen-bond acceptors (Lipinski definition) is 7. The van der Waals surface area contributed by atoms with Crippen LogP contribution in [-0.4, -0.2) is 98.3 Å². The van der Waals surface area contributed by atoms with Crippen LogP contribution in [0.15, 0.2) is 48.5 Å². The van der Waals surface area contributed by atoms with Crippen molar-refractivity contribution in [3.05, 3.63) is 54.1 Å². The molecule has 210 valence electrons. The van der Waals surface area contributed by atoms with E-state index in [1.165, 1.54) is 12.0 Å². The SMILES string of the molecule is COc1ccccc1NC(=O)Nc1ccc(CC(=O)N(CCN2CCOCC2)CC(=O)NCCC(=O)O)cc1. The van der Waals surface area contributed by atoms with Crippen LogP contribution in [0.2, 0.25) is 0 Å². The van der Waals surface area contributed by atoms with Gasteiger partial charge in [-0.2, -0.15) is 0 Å². The molecule has 0 aromatic heterocycles. The number of anilines is 2. The molecule has 0 spiro atoms. The molecule has 0 atom stereocenters. The third-order valence-electron chi connectivity index (χ3n) is 6.06. The fourth-order valence-electron chi connectivity index (χ4n) is 3.94. The smallest absolute Gasteiger partial charge is 0.323 e. The Hall–Kier alpha value is -4.16. The number of benzene rings is 2. The lowest BCUT2D eigenvalue weighted by Crippen LogP contribution is -2.47. The number of urea groups is 1. The first kappa shape index (κ1) is 29.4. The fraction of sp³-hybridized carbons (Fsp3) is 0.407. The topological polar surface area (TPSA) is 150 Å². The zero-order valence-corrected chi connectivity index (χ0v) is 22.0. The molecule has 0 bridgehead atoms. The van der Waals surface area contributed by atoms with Crippen LogP contribution in [0.3, 0.4) is 0 Å². The third-order valence-corrected chi connectivity index (χ3v) is 6.06. The maximum absolute atomic E-state index is 13.1. The Bertz CT molecular complexity index is 1120. The first-order valence-corrected chi connectivity index (χ1v) is 12.7. The molecule has 1 fully saturated rings. The Balaban J connectivity index is 1.56. The lowest BCUT2D eigenvalue weighted by Gasteiger charge is -2.30. The number of morpholine rings is 1. The highest BCUT2D eigenvalue weighted by Gasteiger charge is 2.20. The Morgan fingerprint density at radius 1 is 1.03 bits per heavy atom. The molecule has 1 heterocycles. The molecular weight excluding hydrogens is 506 g/mol. The van der Waals surface area contributed by atoms with Crippen LogP contribution in [0.4, 0.5) is 16.2 Å². The summed E-state index contributed by atoms with van der Waals surface area (Å²) in [6, 6.07) is 13.5. The molecule has 0 unspecified atom stereocenters. The number of carboxylic acids is 1. The van der Waals surface area contributed by atoms with Gasteiger partial charge in [0.1, 0.15) is 5.75 Å². The van der Waals surface area contributed by atoms with Crippen molar-refractivity contribution in [1.82, 2.24) is 15.1 Å². The molecule has 2 aromatic carbocycles. The van der Waals surface area contributed by atoms with Gasteiger partial charge in [-0.05, 0) is 29.8 Å². The van der Waals surface area contributed by atoms with E-state index in [1.54, 1.807) is 48.5 Å². The monoisotopic (exact) mass is 541 g/mol. The number of rotatable bonds is 13. The largest absolute Gasteiger partial charge is 0.495 e. The number of carbonyl (C=O) groups is 4. The van der Waals surface area contributed by atoms with Crippen molar-refractivity contribution >= 4 is 35.2 Å². The van der Waals surface area contributed by atoms with Crippen molar-refractivity contribution in [3.63, 3.8) is 0 Å². The van der Waals surface area contributed by atoms with E-state index in [4.69, 9.17) is 14.6 Å². The quantitative estimate of drug-likeness (QED) is 0.299. The highest BCUT2D eigenvalue weighted by atomic mass is 16.5. The minimum absolute atomic E-state index is 0.00124. The Kier molecular flexibility index (Phi) is 11.5. The van der Waals surface area contributed by atoms with Gasteiger partial charge in [0.15, 0.2) is 0 Å². The molecule has 4 amide bonds. The minimum atomic E-state index is -1.01. The summed E-state index contributed by atoms with van der Waals surface area (Å²) >= 11 is 0. The average molecular weight is 542 g/mol. The second-order valence-corrected chi connectivity index (χ2v) is 8.92. The van der Waals surface area contributed by atoms with Crippen LogP contribution in [0.1, 0.15) is 12.0 Å². The van der Waals surface area contributed by atoms with Crippen molar-refractivity contribution < 1.29 is 33.8 Å². The molecule has 0 saturated carbocycles. The number of methoxy groups -OCH3 is 1. The molecule has 2 aromatic rings. The predicted octanol–water partition coefficient (Wildman–Crippen LogP) is 1.63. The summed E-state index contributed by atoms with van der Waals surface area (Å²) in [5.74, 6) is -1.11. The highest BCUT2D eigenvalue weighted by molar-refractivity contribution is 6.00. The molecule has 1 saturated heterocycles. The van der Waals surface area contributed by atoms with E-state index in [2.05, 4.69) is 20.9 Å². The van der Waals surface area contributed by atoms with E-state index >= 15 is 0 Å². The van der Waals surface area contributed by atoms with Gasteiger partial charge in [-0.1, -0.05) is 24.3 Å². The number of ether oxygens (including phenoxy) is 2. The lowest BCUT2D eigenvalue weighted by atomic mass is 10.1. The van der Waals surface area contributed by atoms with Crippen LogP contribution in [-0.2, 0) is 25.5 Å². The predicted molar refractivity (Wildman–Crippen MR) is 145 cm³/mol. The molecular formula is C27H35N5O7. The van der Waals surface area contributed by atoms with E-state index in [1.807, 2.05) is 0 Å². The fourth-order valence-corrected chi connectivity index (χ4v) is 3.94. The van der Waals surface area contributed by atoms with Crippen molar-refractivity contribution in [2.45, 2.75) is 12.8 Å². The lowest BCUT2D eigenvalue weighted by molar-refractivity contribution is -0.138. The third kappa shape index (κ3) is 10.3. The van der Waals surface area contributed by atoms with Gasteiger partial charge in [-0.3, -0.25) is 19.3 Å². The van der Waals surface area contributed by atoms with Gasteiger partial charge >= 0.3 is 12.0 Å². The molecule has 0 aliphatic carbocycles. The van der Waals surface area contributed by atoms with Gasteiger partial charge in [0.25, 0.3) is 0 Å². The van der Waals surface area contributed by atoms with E-state index in [-0.39, 0.29) is 31.8 Å². The molecule has 12 heteroatoms. The van der Waals surface area contributed by atoms with E-state index in [9.17, 15) is 19.2 Å². The molecule has 1 aliphatic heterocycles. The van der Waals surface area contributed by atoms with Crippen LogP contribution in [0, 0.1) is 0 Å². The Morgan fingerprint density at radius 2 is 1.74 bits per heavy atom. The molecule has 0 radical (unpaired) electrons. The normalized spacial score (nSPS) is 13.3. The first-order chi connectivity index (χ1) is 18.8. The first-order valence-electron chi connectivity index (χ1n) is 12.7. The molecule has 39 heavy (non-hydrogen) atoms. The molecule has 12 nitrogen and oxygen atoms in total. The van der Waals surface area contributed by atoms with E-state index in [0.29, 0.717) is 43.4 Å². The van der Waals surface area contributed by atoms with Crippen LogP contribution < -0.4 is 20.7 Å². The number of nitrogens with zero attached hydrogens (tertiary/aromatic N) is 2. The molecule has 4 N–H and O–H groups in total. The van der Waals surface area contributed by atoms with Gasteiger partial charge in [0.2, 0.25) is 11.8 Å². The van der Waals surface area contributed by atoms with E-state index in [0.717, 1.165) is 18.7 Å². The number of carbonyl (C=O) groups excluding carboxylic acids is 3. The number of carboxylic acid groups (broad SMARTS) is 1. The maximum Gasteiger partial charge on any atom is 0.323 e. The van der Waals surface area contributed by atoms with Gasteiger partial charge in [-0.25, -0.2) is 4.79 Å². The summed E-state index contributed by atoms with van der Waals surface area (Å²) in [6.07, 6.45) is -0.121. The summed E-state index contributed by atoms with van der Waals surface area (Å²) in [7, 11) is 1.52. The zero-order chi connectivity index (χ0) is 28.0. The van der Waals surface area contributed by atoms with Crippen LogP contribution in [0.25, 0.3) is 0 Å². The average Bonchev–Trinajstić information content (AvgIpc) is 2.92. The van der Waals surface area contributed by atoms with Gasteiger partial charge < -0.3 is 35.4 Å². The zero-order valence-electron chi connectivity index (χ0n) is 22.0. The van der Waals surface area contributed by atoms with Crippen LogP contribution >= 0.6 is 0 Å². The van der Waals surface area contributed by atoms with Crippen LogP contribution in [0.5, 0.6) is 5.75 Å². The number of amides is 4. The summed E-state index contributed by atoms with van der Waals surface area (Å²) < 4.78 is 10.6.